The molecule has 0 aliphatic heterocycles. The first-order valence-electron chi connectivity index (χ1n) is 5.68. The zero-order chi connectivity index (χ0) is 14.0. The molecule has 2 rings (SSSR count). The minimum Gasteiger partial charge on any atom is -0.496 e. The quantitative estimate of drug-likeness (QED) is 0.752. The van der Waals surface area contributed by atoms with Crippen molar-refractivity contribution in [2.24, 2.45) is 0 Å². The van der Waals surface area contributed by atoms with Gasteiger partial charge in [-0.25, -0.2) is 0 Å². The molecule has 0 unspecified atom stereocenters. The molecule has 19 heavy (non-hydrogen) atoms. The van der Waals surface area contributed by atoms with E-state index in [1.807, 2.05) is 6.92 Å². The second-order valence-corrected chi connectivity index (χ2v) is 5.54. The Morgan fingerprint density at radius 2 is 2.11 bits per heavy atom. The zero-order valence-electron chi connectivity index (χ0n) is 10.5. The molecular formula is C13H12Br2N2O2. The number of carbonyl (C=O) groups is 1. The molecule has 0 radical (unpaired) electrons. The number of ketones is 1. The summed E-state index contributed by atoms with van der Waals surface area (Å²) in [6.07, 6.45) is 1.63. The van der Waals surface area contributed by atoms with Crippen molar-refractivity contribution < 1.29 is 9.53 Å². The number of aromatic nitrogens is 2. The van der Waals surface area contributed by atoms with E-state index in [0.717, 1.165) is 4.47 Å². The number of hydrogen-bond donors (Lipinski definition) is 0. The van der Waals surface area contributed by atoms with E-state index >= 15 is 0 Å². The van der Waals surface area contributed by atoms with E-state index in [9.17, 15) is 4.79 Å². The first-order chi connectivity index (χ1) is 9.08. The highest BCUT2D eigenvalue weighted by atomic mass is 79.9. The van der Waals surface area contributed by atoms with Gasteiger partial charge in [-0.05, 0) is 57.0 Å². The molecule has 1 heterocycles. The molecule has 0 fully saturated rings. The van der Waals surface area contributed by atoms with E-state index in [1.54, 1.807) is 36.2 Å². The molecule has 0 spiro atoms. The van der Waals surface area contributed by atoms with Crippen molar-refractivity contribution in [2.75, 3.05) is 7.11 Å². The number of carbonyl (C=O) groups excluding carboxylic acids is 1. The van der Waals surface area contributed by atoms with Crippen LogP contribution in [0.2, 0.25) is 0 Å². The first kappa shape index (κ1) is 14.3. The minimum atomic E-state index is -0.0745. The van der Waals surface area contributed by atoms with E-state index in [-0.39, 0.29) is 5.78 Å². The van der Waals surface area contributed by atoms with Gasteiger partial charge in [0.15, 0.2) is 0 Å². The molecule has 0 N–H and O–H groups in total. The number of methoxy groups -OCH3 is 1. The highest BCUT2D eigenvalue weighted by molar-refractivity contribution is 9.10. The van der Waals surface area contributed by atoms with E-state index < -0.39 is 0 Å². The van der Waals surface area contributed by atoms with Crippen LogP contribution in [-0.2, 0) is 6.54 Å². The summed E-state index contributed by atoms with van der Waals surface area (Å²) < 4.78 is 8.28. The molecule has 0 atom stereocenters. The van der Waals surface area contributed by atoms with Crippen LogP contribution in [0.1, 0.15) is 23.0 Å². The lowest BCUT2D eigenvalue weighted by Gasteiger charge is -2.07. The minimum absolute atomic E-state index is 0.0745. The van der Waals surface area contributed by atoms with E-state index in [4.69, 9.17) is 4.74 Å². The Kier molecular flexibility index (Phi) is 4.42. The molecule has 0 saturated carbocycles. The third kappa shape index (κ3) is 2.74. The fourth-order valence-electron chi connectivity index (χ4n) is 1.77. The number of rotatable bonds is 4. The maximum absolute atomic E-state index is 12.5. The SMILES string of the molecule is CCn1ncc(Br)c1C(=O)c1ccc(OC)c(Br)c1. The van der Waals surface area contributed by atoms with E-state index in [0.29, 0.717) is 28.0 Å². The lowest BCUT2D eigenvalue weighted by Crippen LogP contribution is -2.11. The van der Waals surface area contributed by atoms with Crippen molar-refractivity contribution in [3.8, 4) is 5.75 Å². The molecule has 100 valence electrons. The molecule has 1 aromatic heterocycles. The van der Waals surface area contributed by atoms with Gasteiger partial charge in [0.2, 0.25) is 5.78 Å². The van der Waals surface area contributed by atoms with Crippen molar-refractivity contribution in [3.63, 3.8) is 0 Å². The monoisotopic (exact) mass is 386 g/mol. The predicted octanol–water partition coefficient (Wildman–Crippen LogP) is 3.67. The Labute approximate surface area is 128 Å². The largest absolute Gasteiger partial charge is 0.496 e. The summed E-state index contributed by atoms with van der Waals surface area (Å²) in [6, 6.07) is 5.25. The molecule has 4 nitrogen and oxygen atoms in total. The van der Waals surface area contributed by atoms with Gasteiger partial charge in [-0.1, -0.05) is 0 Å². The van der Waals surface area contributed by atoms with Gasteiger partial charge in [0, 0.05) is 12.1 Å². The third-order valence-electron chi connectivity index (χ3n) is 2.72. The Balaban J connectivity index is 2.44. The third-order valence-corrected chi connectivity index (χ3v) is 3.92. The van der Waals surface area contributed by atoms with Crippen LogP contribution in [0.5, 0.6) is 5.75 Å². The Morgan fingerprint density at radius 1 is 1.37 bits per heavy atom. The van der Waals surface area contributed by atoms with Crippen LogP contribution in [-0.4, -0.2) is 22.7 Å². The fraction of sp³-hybridized carbons (Fsp3) is 0.231. The van der Waals surface area contributed by atoms with E-state index in [1.165, 1.54) is 0 Å². The summed E-state index contributed by atoms with van der Waals surface area (Å²) in [5.41, 5.74) is 1.14. The maximum atomic E-state index is 12.5. The van der Waals surface area contributed by atoms with Crippen molar-refractivity contribution in [2.45, 2.75) is 13.5 Å². The Hall–Kier alpha value is -1.14. The van der Waals surface area contributed by atoms with Crippen LogP contribution in [0.4, 0.5) is 0 Å². The molecule has 0 amide bonds. The number of nitrogens with zero attached hydrogens (tertiary/aromatic N) is 2. The number of hydrogen-bond acceptors (Lipinski definition) is 3. The Morgan fingerprint density at radius 3 is 2.68 bits per heavy atom. The average Bonchev–Trinajstić information content (AvgIpc) is 2.78. The second kappa shape index (κ2) is 5.88. The summed E-state index contributed by atoms with van der Waals surface area (Å²) >= 11 is 6.74. The average molecular weight is 388 g/mol. The van der Waals surface area contributed by atoms with Gasteiger partial charge in [0.1, 0.15) is 11.4 Å². The topological polar surface area (TPSA) is 44.1 Å². The highest BCUT2D eigenvalue weighted by Crippen LogP contribution is 2.27. The van der Waals surface area contributed by atoms with Gasteiger partial charge in [-0.15, -0.1) is 0 Å². The molecule has 0 aliphatic rings. The summed E-state index contributed by atoms with van der Waals surface area (Å²) in [5.74, 6) is 0.620. The van der Waals surface area contributed by atoms with Crippen LogP contribution in [0.15, 0.2) is 33.3 Å². The van der Waals surface area contributed by atoms with E-state index in [2.05, 4.69) is 37.0 Å². The molecule has 2 aromatic rings. The summed E-state index contributed by atoms with van der Waals surface area (Å²) in [5, 5.41) is 4.15. The molecular weight excluding hydrogens is 376 g/mol. The van der Waals surface area contributed by atoms with Gasteiger partial charge in [-0.3, -0.25) is 9.48 Å². The van der Waals surface area contributed by atoms with Crippen LogP contribution in [0.25, 0.3) is 0 Å². The molecule has 0 saturated heterocycles. The van der Waals surface area contributed by atoms with Gasteiger partial charge in [0.05, 0.1) is 22.3 Å². The number of benzene rings is 1. The summed E-state index contributed by atoms with van der Waals surface area (Å²) in [7, 11) is 1.59. The summed E-state index contributed by atoms with van der Waals surface area (Å²) in [4.78, 5) is 12.5. The van der Waals surface area contributed by atoms with Crippen molar-refractivity contribution >= 4 is 37.6 Å². The molecule has 0 aliphatic carbocycles. The predicted molar refractivity (Wildman–Crippen MR) is 79.7 cm³/mol. The normalized spacial score (nSPS) is 10.5. The smallest absolute Gasteiger partial charge is 0.212 e. The van der Waals surface area contributed by atoms with Gasteiger partial charge in [-0.2, -0.15) is 5.10 Å². The fourth-order valence-corrected chi connectivity index (χ4v) is 2.79. The van der Waals surface area contributed by atoms with Gasteiger partial charge < -0.3 is 4.74 Å². The molecule has 6 heteroatoms. The van der Waals surface area contributed by atoms with Crippen molar-refractivity contribution in [1.29, 1.82) is 0 Å². The second-order valence-electron chi connectivity index (χ2n) is 3.84. The number of aryl methyl sites for hydroxylation is 1. The van der Waals surface area contributed by atoms with Crippen LogP contribution in [0, 0.1) is 0 Å². The highest BCUT2D eigenvalue weighted by Gasteiger charge is 2.19. The number of halogens is 2. The van der Waals surface area contributed by atoms with Gasteiger partial charge in [0.25, 0.3) is 0 Å². The van der Waals surface area contributed by atoms with Crippen molar-refractivity contribution in [3.05, 3.63) is 44.6 Å². The number of ether oxygens (including phenoxy) is 1. The van der Waals surface area contributed by atoms with Crippen molar-refractivity contribution in [1.82, 2.24) is 9.78 Å². The van der Waals surface area contributed by atoms with Gasteiger partial charge >= 0.3 is 0 Å². The van der Waals surface area contributed by atoms with Crippen LogP contribution < -0.4 is 4.74 Å². The standard InChI is InChI=1S/C13H12Br2N2O2/c1-3-17-12(10(15)7-16-17)13(18)8-4-5-11(19-2)9(14)6-8/h4-7H,3H2,1-2H3. The zero-order valence-corrected chi connectivity index (χ0v) is 13.7. The first-order valence-corrected chi connectivity index (χ1v) is 7.26. The summed E-state index contributed by atoms with van der Waals surface area (Å²) in [6.45, 7) is 2.59. The lowest BCUT2D eigenvalue weighted by molar-refractivity contribution is 0.102. The maximum Gasteiger partial charge on any atom is 0.212 e. The molecule has 1 aromatic carbocycles. The van der Waals surface area contributed by atoms with Crippen LogP contribution >= 0.6 is 31.9 Å². The Bertz CT molecular complexity index is 623. The molecule has 0 bridgehead atoms. The lowest BCUT2D eigenvalue weighted by atomic mass is 10.1. The van der Waals surface area contributed by atoms with Crippen LogP contribution in [0.3, 0.4) is 0 Å².